The maximum absolute atomic E-state index is 12.2. The molecule has 150 valence electrons. The lowest BCUT2D eigenvalue weighted by Crippen LogP contribution is -2.41. The number of carbonyl (C=O) groups is 2. The summed E-state index contributed by atoms with van der Waals surface area (Å²) in [5.41, 5.74) is 8.60. The van der Waals surface area contributed by atoms with Crippen molar-refractivity contribution in [3.63, 3.8) is 0 Å². The first kappa shape index (κ1) is 21.9. The van der Waals surface area contributed by atoms with E-state index in [0.717, 1.165) is 24.0 Å². The molecule has 1 heterocycles. The second-order valence-electron chi connectivity index (χ2n) is 6.71. The number of amides is 2. The summed E-state index contributed by atoms with van der Waals surface area (Å²) in [7, 11) is 0. The lowest BCUT2D eigenvalue weighted by molar-refractivity contribution is -0.124. The van der Waals surface area contributed by atoms with Crippen LogP contribution in [0.3, 0.4) is 0 Å². The summed E-state index contributed by atoms with van der Waals surface area (Å²) in [4.78, 5) is 24.4. The van der Waals surface area contributed by atoms with Crippen molar-refractivity contribution in [1.82, 2.24) is 5.32 Å². The standard InChI is InChI=1S/C21H25N3O3.ClH/c22-18(13-15-6-2-1-3-7-15)20(25)23-14-16-8-4-9-17(12-16)24-21(26)19-10-5-11-27-19;/h1-4,6-9,12,18-19H,5,10-11,13-14,22H2,(H,23,25)(H,24,26);1H/t18-,19?;/m0./s1. The van der Waals surface area contributed by atoms with Crippen molar-refractivity contribution in [2.24, 2.45) is 5.73 Å². The van der Waals surface area contributed by atoms with Crippen LogP contribution in [0.1, 0.15) is 24.0 Å². The molecule has 4 N–H and O–H groups in total. The molecule has 0 aliphatic carbocycles. The number of rotatable bonds is 7. The van der Waals surface area contributed by atoms with E-state index in [-0.39, 0.29) is 30.3 Å². The Balaban J connectivity index is 0.00000280. The number of hydrogen-bond donors (Lipinski definition) is 3. The normalized spacial score (nSPS) is 16.7. The predicted molar refractivity (Wildman–Crippen MR) is 111 cm³/mol. The number of halogens is 1. The highest BCUT2D eigenvalue weighted by molar-refractivity contribution is 5.94. The lowest BCUT2D eigenvalue weighted by Gasteiger charge is -2.14. The van der Waals surface area contributed by atoms with Crippen LogP contribution in [0.25, 0.3) is 0 Å². The van der Waals surface area contributed by atoms with Crippen LogP contribution in [0.15, 0.2) is 54.6 Å². The molecule has 1 unspecified atom stereocenters. The zero-order chi connectivity index (χ0) is 19.1. The van der Waals surface area contributed by atoms with Gasteiger partial charge in [0.1, 0.15) is 6.10 Å². The molecule has 0 bridgehead atoms. The van der Waals surface area contributed by atoms with E-state index in [1.54, 1.807) is 0 Å². The van der Waals surface area contributed by atoms with E-state index in [0.29, 0.717) is 25.3 Å². The first-order chi connectivity index (χ1) is 13.1. The number of hydrogen-bond acceptors (Lipinski definition) is 4. The molecule has 2 aromatic carbocycles. The minimum Gasteiger partial charge on any atom is -0.368 e. The summed E-state index contributed by atoms with van der Waals surface area (Å²) in [6.07, 6.45) is 1.78. The molecule has 1 aliphatic heterocycles. The Hall–Kier alpha value is -2.41. The molecule has 0 aromatic heterocycles. The van der Waals surface area contributed by atoms with Crippen molar-refractivity contribution in [3.05, 3.63) is 65.7 Å². The van der Waals surface area contributed by atoms with Gasteiger partial charge in [0.2, 0.25) is 5.91 Å². The molecule has 1 fully saturated rings. The van der Waals surface area contributed by atoms with Gasteiger partial charge < -0.3 is 21.1 Å². The number of ether oxygens (including phenoxy) is 1. The quantitative estimate of drug-likeness (QED) is 0.661. The van der Waals surface area contributed by atoms with Crippen molar-refractivity contribution in [1.29, 1.82) is 0 Å². The monoisotopic (exact) mass is 403 g/mol. The molecule has 28 heavy (non-hydrogen) atoms. The average molecular weight is 404 g/mol. The largest absolute Gasteiger partial charge is 0.368 e. The molecule has 1 saturated heterocycles. The maximum Gasteiger partial charge on any atom is 0.253 e. The first-order valence-corrected chi connectivity index (χ1v) is 9.20. The molecule has 0 saturated carbocycles. The molecule has 2 amide bonds. The Kier molecular flexibility index (Phi) is 8.44. The van der Waals surface area contributed by atoms with Gasteiger partial charge in [-0.15, -0.1) is 12.4 Å². The molecule has 7 heteroatoms. The van der Waals surface area contributed by atoms with Crippen molar-refractivity contribution in [3.8, 4) is 0 Å². The molecular formula is C21H26ClN3O3. The van der Waals surface area contributed by atoms with Gasteiger partial charge >= 0.3 is 0 Å². The molecule has 0 radical (unpaired) electrons. The van der Waals surface area contributed by atoms with Crippen molar-refractivity contribution in [2.75, 3.05) is 11.9 Å². The van der Waals surface area contributed by atoms with E-state index < -0.39 is 6.04 Å². The van der Waals surface area contributed by atoms with Crippen LogP contribution in [0, 0.1) is 0 Å². The van der Waals surface area contributed by atoms with Crippen molar-refractivity contribution >= 4 is 29.9 Å². The van der Waals surface area contributed by atoms with Gasteiger partial charge in [-0.3, -0.25) is 9.59 Å². The Bertz CT molecular complexity index is 779. The van der Waals surface area contributed by atoms with Crippen LogP contribution in [-0.4, -0.2) is 30.6 Å². The summed E-state index contributed by atoms with van der Waals surface area (Å²) in [5.74, 6) is -0.328. The Morgan fingerprint density at radius 2 is 1.86 bits per heavy atom. The number of nitrogens with one attached hydrogen (secondary N) is 2. The molecule has 0 spiro atoms. The Morgan fingerprint density at radius 3 is 2.57 bits per heavy atom. The third kappa shape index (κ3) is 6.34. The van der Waals surface area contributed by atoms with E-state index >= 15 is 0 Å². The van der Waals surface area contributed by atoms with Gasteiger partial charge in [0, 0.05) is 18.8 Å². The summed E-state index contributed by atoms with van der Waals surface area (Å²) in [6, 6.07) is 16.5. The SMILES string of the molecule is Cl.N[C@@H](Cc1ccccc1)C(=O)NCc1cccc(NC(=O)C2CCCO2)c1. The van der Waals surface area contributed by atoms with Crippen LogP contribution >= 0.6 is 12.4 Å². The minimum absolute atomic E-state index is 0. The molecule has 2 atom stereocenters. The highest BCUT2D eigenvalue weighted by Gasteiger charge is 2.23. The second-order valence-corrected chi connectivity index (χ2v) is 6.71. The Labute approximate surface area is 171 Å². The maximum atomic E-state index is 12.2. The van der Waals surface area contributed by atoms with Gasteiger partial charge in [0.25, 0.3) is 5.91 Å². The summed E-state index contributed by atoms with van der Waals surface area (Å²) in [5, 5.41) is 5.72. The lowest BCUT2D eigenvalue weighted by atomic mass is 10.1. The van der Waals surface area contributed by atoms with Crippen LogP contribution in [0.5, 0.6) is 0 Å². The highest BCUT2D eigenvalue weighted by Crippen LogP contribution is 2.16. The Morgan fingerprint density at radius 1 is 1.11 bits per heavy atom. The van der Waals surface area contributed by atoms with E-state index in [4.69, 9.17) is 10.5 Å². The van der Waals surface area contributed by atoms with E-state index in [2.05, 4.69) is 10.6 Å². The first-order valence-electron chi connectivity index (χ1n) is 9.20. The van der Waals surface area contributed by atoms with Crippen LogP contribution in [0.2, 0.25) is 0 Å². The summed E-state index contributed by atoms with van der Waals surface area (Å²) >= 11 is 0. The topological polar surface area (TPSA) is 93.5 Å². The fraction of sp³-hybridized carbons (Fsp3) is 0.333. The average Bonchev–Trinajstić information content (AvgIpc) is 3.22. The van der Waals surface area contributed by atoms with Crippen molar-refractivity contribution in [2.45, 2.75) is 38.0 Å². The van der Waals surface area contributed by atoms with Crippen molar-refractivity contribution < 1.29 is 14.3 Å². The van der Waals surface area contributed by atoms with Gasteiger partial charge in [-0.2, -0.15) is 0 Å². The fourth-order valence-electron chi connectivity index (χ4n) is 3.05. The van der Waals surface area contributed by atoms with Gasteiger partial charge in [-0.1, -0.05) is 42.5 Å². The minimum atomic E-state index is -0.602. The van der Waals surface area contributed by atoms with Gasteiger partial charge in [-0.05, 0) is 42.5 Å². The second kappa shape index (κ2) is 10.8. The third-order valence-corrected chi connectivity index (χ3v) is 4.52. The van der Waals surface area contributed by atoms with Crippen LogP contribution in [0.4, 0.5) is 5.69 Å². The molecule has 3 rings (SSSR count). The number of anilines is 1. The zero-order valence-corrected chi connectivity index (χ0v) is 16.4. The predicted octanol–water partition coefficient (Wildman–Crippen LogP) is 2.41. The summed E-state index contributed by atoms with van der Waals surface area (Å²) < 4.78 is 5.39. The van der Waals surface area contributed by atoms with Gasteiger partial charge in [0.05, 0.1) is 6.04 Å². The fourth-order valence-corrected chi connectivity index (χ4v) is 3.05. The van der Waals surface area contributed by atoms with E-state index in [1.165, 1.54) is 0 Å². The number of carbonyl (C=O) groups excluding carboxylic acids is 2. The van der Waals surface area contributed by atoms with Gasteiger partial charge in [-0.25, -0.2) is 0 Å². The molecule has 1 aliphatic rings. The van der Waals surface area contributed by atoms with Gasteiger partial charge in [0.15, 0.2) is 0 Å². The smallest absolute Gasteiger partial charge is 0.253 e. The third-order valence-electron chi connectivity index (χ3n) is 4.52. The molecule has 2 aromatic rings. The number of nitrogens with two attached hydrogens (primary N) is 1. The van der Waals surface area contributed by atoms with Crippen LogP contribution in [-0.2, 0) is 27.3 Å². The summed E-state index contributed by atoms with van der Waals surface area (Å²) in [6.45, 7) is 0.984. The van der Waals surface area contributed by atoms with E-state index in [1.807, 2.05) is 54.6 Å². The molecule has 6 nitrogen and oxygen atoms in total. The highest BCUT2D eigenvalue weighted by atomic mass is 35.5. The van der Waals surface area contributed by atoms with Crippen LogP contribution < -0.4 is 16.4 Å². The van der Waals surface area contributed by atoms with E-state index in [9.17, 15) is 9.59 Å². The molecular weight excluding hydrogens is 378 g/mol. The number of benzene rings is 2. The zero-order valence-electron chi connectivity index (χ0n) is 15.6.